The van der Waals surface area contributed by atoms with E-state index >= 15 is 0 Å². The quantitative estimate of drug-likeness (QED) is 0.842. The third kappa shape index (κ3) is 3.57. The van der Waals surface area contributed by atoms with Gasteiger partial charge in [0, 0.05) is 48.1 Å². The summed E-state index contributed by atoms with van der Waals surface area (Å²) in [6.07, 6.45) is 4.32. The summed E-state index contributed by atoms with van der Waals surface area (Å²) in [5.41, 5.74) is 6.81. The van der Waals surface area contributed by atoms with Gasteiger partial charge in [-0.25, -0.2) is 4.98 Å². The van der Waals surface area contributed by atoms with Gasteiger partial charge in [-0.15, -0.1) is 0 Å². The highest BCUT2D eigenvalue weighted by atomic mass is 79.9. The van der Waals surface area contributed by atoms with Crippen molar-refractivity contribution in [2.24, 2.45) is 7.05 Å². The Morgan fingerprint density at radius 1 is 1.47 bits per heavy atom. The van der Waals surface area contributed by atoms with Crippen LogP contribution in [0.3, 0.4) is 0 Å². The Bertz CT molecular complexity index is 574. The van der Waals surface area contributed by atoms with Crippen LogP contribution < -0.4 is 11.1 Å². The minimum absolute atomic E-state index is 0.137. The highest BCUT2D eigenvalue weighted by molar-refractivity contribution is 9.10. The maximum atomic E-state index is 11.9. The Balaban J connectivity index is 1.92. The number of nitrogens with two attached hydrogens (primary N) is 1. The fraction of sp³-hybridized carbons (Fsp3) is 0.231. The van der Waals surface area contributed by atoms with Crippen molar-refractivity contribution in [3.05, 3.63) is 46.5 Å². The van der Waals surface area contributed by atoms with Crippen LogP contribution in [0.5, 0.6) is 0 Å². The van der Waals surface area contributed by atoms with Crippen LogP contribution in [0.1, 0.15) is 16.2 Å². The number of nitrogen functional groups attached to an aromatic ring is 1. The standard InChI is InChI=1S/C13H15BrN4O/c1-18-5-4-16-12(18)2-3-17-13(19)9-6-10(14)8-11(15)7-9/h4-8H,2-3,15H2,1H3,(H,17,19). The van der Waals surface area contributed by atoms with E-state index < -0.39 is 0 Å². The molecular weight excluding hydrogens is 308 g/mol. The molecule has 1 amide bonds. The smallest absolute Gasteiger partial charge is 0.251 e. The third-order valence-electron chi connectivity index (χ3n) is 2.74. The summed E-state index contributed by atoms with van der Waals surface area (Å²) in [4.78, 5) is 16.1. The lowest BCUT2D eigenvalue weighted by molar-refractivity contribution is 0.0954. The molecule has 0 atom stereocenters. The molecule has 0 unspecified atom stereocenters. The lowest BCUT2D eigenvalue weighted by Crippen LogP contribution is -2.26. The van der Waals surface area contributed by atoms with E-state index in [1.54, 1.807) is 24.4 Å². The Hall–Kier alpha value is -1.82. The van der Waals surface area contributed by atoms with Gasteiger partial charge in [0.1, 0.15) is 5.82 Å². The molecule has 2 aromatic rings. The van der Waals surface area contributed by atoms with Crippen LogP contribution in [0.4, 0.5) is 5.69 Å². The number of benzene rings is 1. The zero-order valence-electron chi connectivity index (χ0n) is 10.6. The molecule has 0 saturated heterocycles. The van der Waals surface area contributed by atoms with Crippen LogP contribution in [-0.2, 0) is 13.5 Å². The van der Waals surface area contributed by atoms with Crippen molar-refractivity contribution in [2.45, 2.75) is 6.42 Å². The van der Waals surface area contributed by atoms with E-state index in [0.29, 0.717) is 24.2 Å². The number of carbonyl (C=O) groups excluding carboxylic acids is 1. The first-order chi connectivity index (χ1) is 9.06. The number of anilines is 1. The van der Waals surface area contributed by atoms with Crippen molar-refractivity contribution in [1.29, 1.82) is 0 Å². The van der Waals surface area contributed by atoms with Gasteiger partial charge in [-0.05, 0) is 18.2 Å². The van der Waals surface area contributed by atoms with Gasteiger partial charge in [0.05, 0.1) is 0 Å². The van der Waals surface area contributed by atoms with Crippen molar-refractivity contribution in [1.82, 2.24) is 14.9 Å². The first-order valence-electron chi connectivity index (χ1n) is 5.87. The molecule has 6 heteroatoms. The van der Waals surface area contributed by atoms with Gasteiger partial charge < -0.3 is 15.6 Å². The van der Waals surface area contributed by atoms with Crippen LogP contribution in [0.15, 0.2) is 35.1 Å². The Morgan fingerprint density at radius 2 is 2.26 bits per heavy atom. The monoisotopic (exact) mass is 322 g/mol. The molecule has 1 heterocycles. The minimum Gasteiger partial charge on any atom is -0.399 e. The van der Waals surface area contributed by atoms with Gasteiger partial charge in [-0.2, -0.15) is 0 Å². The largest absolute Gasteiger partial charge is 0.399 e. The molecule has 0 fully saturated rings. The predicted octanol–water partition coefficient (Wildman–Crippen LogP) is 1.74. The maximum absolute atomic E-state index is 11.9. The number of hydrogen-bond acceptors (Lipinski definition) is 3. The number of aromatic nitrogens is 2. The molecule has 2 rings (SSSR count). The molecule has 1 aromatic heterocycles. The highest BCUT2D eigenvalue weighted by Gasteiger charge is 2.07. The number of nitrogens with one attached hydrogen (secondary N) is 1. The van der Waals surface area contributed by atoms with Gasteiger partial charge in [-0.3, -0.25) is 4.79 Å². The van der Waals surface area contributed by atoms with Crippen LogP contribution in [0, 0.1) is 0 Å². The molecule has 0 radical (unpaired) electrons. The van der Waals surface area contributed by atoms with Crippen molar-refractivity contribution >= 4 is 27.5 Å². The first-order valence-corrected chi connectivity index (χ1v) is 6.66. The minimum atomic E-state index is -0.137. The van der Waals surface area contributed by atoms with Gasteiger partial charge >= 0.3 is 0 Å². The second kappa shape index (κ2) is 5.88. The number of rotatable bonds is 4. The van der Waals surface area contributed by atoms with E-state index in [4.69, 9.17) is 5.73 Å². The Morgan fingerprint density at radius 3 is 2.89 bits per heavy atom. The predicted molar refractivity (Wildman–Crippen MR) is 77.8 cm³/mol. The molecule has 100 valence electrons. The summed E-state index contributed by atoms with van der Waals surface area (Å²) >= 11 is 3.32. The van der Waals surface area contributed by atoms with Crippen molar-refractivity contribution in [3.8, 4) is 0 Å². The molecule has 1 aromatic carbocycles. The molecule has 0 aliphatic carbocycles. The molecular formula is C13H15BrN4O. The summed E-state index contributed by atoms with van der Waals surface area (Å²) in [6, 6.07) is 5.15. The lowest BCUT2D eigenvalue weighted by atomic mass is 10.2. The molecule has 19 heavy (non-hydrogen) atoms. The van der Waals surface area contributed by atoms with Gasteiger partial charge in [-0.1, -0.05) is 15.9 Å². The number of halogens is 1. The average Bonchev–Trinajstić information content (AvgIpc) is 2.74. The number of amides is 1. The average molecular weight is 323 g/mol. The summed E-state index contributed by atoms with van der Waals surface area (Å²) in [6.45, 7) is 0.538. The fourth-order valence-corrected chi connectivity index (χ4v) is 2.28. The summed E-state index contributed by atoms with van der Waals surface area (Å²) < 4.78 is 2.73. The molecule has 0 aliphatic rings. The maximum Gasteiger partial charge on any atom is 0.251 e. The van der Waals surface area contributed by atoms with Crippen LogP contribution >= 0.6 is 15.9 Å². The van der Waals surface area contributed by atoms with Crippen LogP contribution in [-0.4, -0.2) is 22.0 Å². The Labute approximate surface area is 120 Å². The zero-order chi connectivity index (χ0) is 13.8. The second-order valence-electron chi connectivity index (χ2n) is 4.23. The number of nitrogens with zero attached hydrogens (tertiary/aromatic N) is 2. The first kappa shape index (κ1) is 13.6. The van der Waals surface area contributed by atoms with E-state index in [1.807, 2.05) is 17.8 Å². The SMILES string of the molecule is Cn1ccnc1CCNC(=O)c1cc(N)cc(Br)c1. The third-order valence-corrected chi connectivity index (χ3v) is 3.20. The molecule has 0 saturated carbocycles. The van der Waals surface area contributed by atoms with E-state index in [9.17, 15) is 4.79 Å². The van der Waals surface area contributed by atoms with Crippen molar-refractivity contribution in [2.75, 3.05) is 12.3 Å². The van der Waals surface area contributed by atoms with Gasteiger partial charge in [0.15, 0.2) is 0 Å². The zero-order valence-corrected chi connectivity index (χ0v) is 12.1. The van der Waals surface area contributed by atoms with Gasteiger partial charge in [0.25, 0.3) is 5.91 Å². The normalized spacial score (nSPS) is 10.4. The topological polar surface area (TPSA) is 72.9 Å². The van der Waals surface area contributed by atoms with E-state index in [0.717, 1.165) is 10.3 Å². The fourth-order valence-electron chi connectivity index (χ4n) is 1.77. The Kier molecular flexibility index (Phi) is 4.21. The van der Waals surface area contributed by atoms with Crippen LogP contribution in [0.2, 0.25) is 0 Å². The lowest BCUT2D eigenvalue weighted by Gasteiger charge is -2.06. The molecule has 5 nitrogen and oxygen atoms in total. The summed E-state index contributed by atoms with van der Waals surface area (Å²) in [5.74, 6) is 0.802. The van der Waals surface area contributed by atoms with E-state index in [1.165, 1.54) is 0 Å². The van der Waals surface area contributed by atoms with Crippen molar-refractivity contribution in [3.63, 3.8) is 0 Å². The second-order valence-corrected chi connectivity index (χ2v) is 5.15. The van der Waals surface area contributed by atoms with Crippen LogP contribution in [0.25, 0.3) is 0 Å². The van der Waals surface area contributed by atoms with Crippen molar-refractivity contribution < 1.29 is 4.79 Å². The number of carbonyl (C=O) groups is 1. The van der Waals surface area contributed by atoms with Gasteiger partial charge in [0.2, 0.25) is 0 Å². The van der Waals surface area contributed by atoms with E-state index in [-0.39, 0.29) is 5.91 Å². The van der Waals surface area contributed by atoms with E-state index in [2.05, 4.69) is 26.2 Å². The summed E-state index contributed by atoms with van der Waals surface area (Å²) in [7, 11) is 1.93. The highest BCUT2D eigenvalue weighted by Crippen LogP contribution is 2.17. The molecule has 3 N–H and O–H groups in total. The number of imidazole rings is 1. The number of hydrogen-bond donors (Lipinski definition) is 2. The molecule has 0 spiro atoms. The molecule has 0 aliphatic heterocycles. The molecule has 0 bridgehead atoms. The summed E-state index contributed by atoms with van der Waals surface area (Å²) in [5, 5.41) is 2.85. The number of aryl methyl sites for hydroxylation is 1.